The van der Waals surface area contributed by atoms with Crippen molar-refractivity contribution >= 4 is 0 Å². The van der Waals surface area contributed by atoms with E-state index < -0.39 is 0 Å². The summed E-state index contributed by atoms with van der Waals surface area (Å²) in [4.78, 5) is 2.56. The van der Waals surface area contributed by atoms with Crippen LogP contribution in [0.5, 0.6) is 0 Å². The van der Waals surface area contributed by atoms with E-state index in [9.17, 15) is 0 Å². The lowest BCUT2D eigenvalue weighted by molar-refractivity contribution is 0.113. The van der Waals surface area contributed by atoms with Crippen LogP contribution in [0, 0.1) is 5.92 Å². The third-order valence-corrected chi connectivity index (χ3v) is 4.81. The second-order valence-electron chi connectivity index (χ2n) is 6.22. The van der Waals surface area contributed by atoms with Gasteiger partial charge in [-0.05, 0) is 44.3 Å². The van der Waals surface area contributed by atoms with Gasteiger partial charge < -0.3 is 5.32 Å². The van der Waals surface area contributed by atoms with E-state index in [1.54, 1.807) is 0 Å². The van der Waals surface area contributed by atoms with Gasteiger partial charge in [-0.15, -0.1) is 0 Å². The zero-order chi connectivity index (χ0) is 14.4. The SMILES string of the molecule is CCNC1CCC(CC)CC1N(C)Cc1ccccc1. The number of rotatable bonds is 6. The number of likely N-dealkylation sites (N-methyl/N-ethyl adjacent to an activating group) is 2. The minimum atomic E-state index is 0.663. The quantitative estimate of drug-likeness (QED) is 0.851. The van der Waals surface area contributed by atoms with E-state index in [2.05, 4.69) is 61.4 Å². The summed E-state index contributed by atoms with van der Waals surface area (Å²) in [6.07, 6.45) is 5.39. The Bertz CT molecular complexity index is 376. The first-order valence-corrected chi connectivity index (χ1v) is 8.22. The monoisotopic (exact) mass is 274 g/mol. The van der Waals surface area contributed by atoms with Crippen molar-refractivity contribution in [2.24, 2.45) is 5.92 Å². The van der Waals surface area contributed by atoms with Gasteiger partial charge in [0.1, 0.15) is 0 Å². The third-order valence-electron chi connectivity index (χ3n) is 4.81. The summed E-state index contributed by atoms with van der Waals surface area (Å²) >= 11 is 0. The first-order valence-electron chi connectivity index (χ1n) is 8.22. The lowest BCUT2D eigenvalue weighted by Crippen LogP contribution is -2.51. The molecule has 1 fully saturated rings. The average molecular weight is 274 g/mol. The molecule has 0 heterocycles. The van der Waals surface area contributed by atoms with Crippen LogP contribution in [-0.2, 0) is 6.54 Å². The number of hydrogen-bond donors (Lipinski definition) is 1. The number of hydrogen-bond acceptors (Lipinski definition) is 2. The molecule has 3 atom stereocenters. The fourth-order valence-corrected chi connectivity index (χ4v) is 3.58. The molecule has 1 aromatic carbocycles. The highest BCUT2D eigenvalue weighted by atomic mass is 15.2. The molecule has 0 amide bonds. The van der Waals surface area contributed by atoms with Crippen LogP contribution in [0.1, 0.15) is 45.1 Å². The molecule has 0 aliphatic heterocycles. The van der Waals surface area contributed by atoms with Crippen LogP contribution in [0.15, 0.2) is 30.3 Å². The average Bonchev–Trinajstić information content (AvgIpc) is 2.49. The van der Waals surface area contributed by atoms with Crippen molar-refractivity contribution < 1.29 is 0 Å². The van der Waals surface area contributed by atoms with Gasteiger partial charge in [0.05, 0.1) is 0 Å². The van der Waals surface area contributed by atoms with E-state index in [-0.39, 0.29) is 0 Å². The molecule has 2 nitrogen and oxygen atoms in total. The molecule has 0 radical (unpaired) electrons. The minimum Gasteiger partial charge on any atom is -0.313 e. The molecule has 20 heavy (non-hydrogen) atoms. The molecule has 0 saturated heterocycles. The topological polar surface area (TPSA) is 15.3 Å². The van der Waals surface area contributed by atoms with Crippen LogP contribution >= 0.6 is 0 Å². The van der Waals surface area contributed by atoms with Crippen molar-refractivity contribution in [1.29, 1.82) is 0 Å². The van der Waals surface area contributed by atoms with Gasteiger partial charge in [-0.2, -0.15) is 0 Å². The first-order chi connectivity index (χ1) is 9.74. The van der Waals surface area contributed by atoms with Gasteiger partial charge in [-0.25, -0.2) is 0 Å². The molecule has 0 spiro atoms. The lowest BCUT2D eigenvalue weighted by Gasteiger charge is -2.41. The Labute approximate surface area is 124 Å². The maximum Gasteiger partial charge on any atom is 0.0252 e. The first kappa shape index (κ1) is 15.5. The third kappa shape index (κ3) is 4.07. The molecular formula is C18H30N2. The number of benzene rings is 1. The Hall–Kier alpha value is -0.860. The van der Waals surface area contributed by atoms with Crippen molar-refractivity contribution in [3.8, 4) is 0 Å². The molecule has 1 aromatic rings. The van der Waals surface area contributed by atoms with Gasteiger partial charge >= 0.3 is 0 Å². The van der Waals surface area contributed by atoms with Crippen LogP contribution in [0.25, 0.3) is 0 Å². The standard InChI is InChI=1S/C18H30N2/c1-4-15-11-12-17(19-5-2)18(13-15)20(3)14-16-9-7-6-8-10-16/h6-10,15,17-19H,4-5,11-14H2,1-3H3. The molecule has 2 rings (SSSR count). The summed E-state index contributed by atoms with van der Waals surface area (Å²) in [7, 11) is 2.29. The summed E-state index contributed by atoms with van der Waals surface area (Å²) in [5, 5.41) is 3.70. The maximum atomic E-state index is 3.70. The van der Waals surface area contributed by atoms with Gasteiger partial charge in [0.2, 0.25) is 0 Å². The Kier molecular flexibility index (Phi) is 6.06. The molecule has 0 bridgehead atoms. The summed E-state index contributed by atoms with van der Waals surface area (Å²) in [5.41, 5.74) is 1.42. The minimum absolute atomic E-state index is 0.663. The second kappa shape index (κ2) is 7.80. The Balaban J connectivity index is 2.01. The van der Waals surface area contributed by atoms with Crippen molar-refractivity contribution in [2.75, 3.05) is 13.6 Å². The molecule has 1 aliphatic carbocycles. The molecule has 0 aromatic heterocycles. The van der Waals surface area contributed by atoms with E-state index >= 15 is 0 Å². The number of nitrogens with one attached hydrogen (secondary N) is 1. The highest BCUT2D eigenvalue weighted by Gasteiger charge is 2.31. The molecule has 1 aliphatic rings. The normalized spacial score (nSPS) is 26.9. The fourth-order valence-electron chi connectivity index (χ4n) is 3.58. The van der Waals surface area contributed by atoms with Crippen LogP contribution in [-0.4, -0.2) is 30.6 Å². The van der Waals surface area contributed by atoms with E-state index in [1.165, 1.54) is 31.2 Å². The van der Waals surface area contributed by atoms with Gasteiger partial charge in [0.15, 0.2) is 0 Å². The van der Waals surface area contributed by atoms with Gasteiger partial charge in [-0.3, -0.25) is 4.90 Å². The Morgan fingerprint density at radius 1 is 1.15 bits per heavy atom. The van der Waals surface area contributed by atoms with E-state index in [1.807, 2.05) is 0 Å². The van der Waals surface area contributed by atoms with Crippen molar-refractivity contribution in [3.63, 3.8) is 0 Å². The predicted molar refractivity (Wildman–Crippen MR) is 86.8 cm³/mol. The van der Waals surface area contributed by atoms with Crippen LogP contribution in [0.3, 0.4) is 0 Å². The Morgan fingerprint density at radius 3 is 2.55 bits per heavy atom. The molecule has 3 unspecified atom stereocenters. The second-order valence-corrected chi connectivity index (χ2v) is 6.22. The fraction of sp³-hybridized carbons (Fsp3) is 0.667. The summed E-state index contributed by atoms with van der Waals surface area (Å²) in [6.45, 7) is 6.70. The lowest BCUT2D eigenvalue weighted by atomic mass is 9.80. The van der Waals surface area contributed by atoms with Gasteiger partial charge in [-0.1, -0.05) is 50.6 Å². The molecule has 2 heteroatoms. The van der Waals surface area contributed by atoms with E-state index in [0.29, 0.717) is 12.1 Å². The molecule has 112 valence electrons. The number of nitrogens with zero attached hydrogens (tertiary/aromatic N) is 1. The van der Waals surface area contributed by atoms with Gasteiger partial charge in [0.25, 0.3) is 0 Å². The predicted octanol–water partition coefficient (Wildman–Crippen LogP) is 3.68. The highest BCUT2D eigenvalue weighted by molar-refractivity contribution is 5.14. The van der Waals surface area contributed by atoms with Crippen molar-refractivity contribution in [1.82, 2.24) is 10.2 Å². The highest BCUT2D eigenvalue weighted by Crippen LogP contribution is 2.30. The van der Waals surface area contributed by atoms with Crippen LogP contribution in [0.4, 0.5) is 0 Å². The summed E-state index contributed by atoms with van der Waals surface area (Å²) < 4.78 is 0. The zero-order valence-corrected chi connectivity index (χ0v) is 13.3. The van der Waals surface area contributed by atoms with E-state index in [4.69, 9.17) is 0 Å². The van der Waals surface area contributed by atoms with Crippen LogP contribution in [0.2, 0.25) is 0 Å². The molecule has 1 N–H and O–H groups in total. The van der Waals surface area contributed by atoms with Gasteiger partial charge in [0, 0.05) is 18.6 Å². The Morgan fingerprint density at radius 2 is 1.90 bits per heavy atom. The van der Waals surface area contributed by atoms with Crippen LogP contribution < -0.4 is 5.32 Å². The summed E-state index contributed by atoms with van der Waals surface area (Å²) in [5.74, 6) is 0.910. The zero-order valence-electron chi connectivity index (χ0n) is 13.3. The van der Waals surface area contributed by atoms with Crippen molar-refractivity contribution in [3.05, 3.63) is 35.9 Å². The largest absolute Gasteiger partial charge is 0.313 e. The summed E-state index contributed by atoms with van der Waals surface area (Å²) in [6, 6.07) is 12.2. The maximum absolute atomic E-state index is 3.70. The van der Waals surface area contributed by atoms with E-state index in [0.717, 1.165) is 19.0 Å². The molecule has 1 saturated carbocycles. The smallest absolute Gasteiger partial charge is 0.0252 e. The molecular weight excluding hydrogens is 244 g/mol. The van der Waals surface area contributed by atoms with Crippen molar-refractivity contribution in [2.45, 2.75) is 58.2 Å².